The van der Waals surface area contributed by atoms with E-state index in [0.29, 0.717) is 8.67 Å². The van der Waals surface area contributed by atoms with Crippen molar-refractivity contribution in [3.8, 4) is 0 Å². The van der Waals surface area contributed by atoms with Crippen LogP contribution in [-0.4, -0.2) is 0 Å². The van der Waals surface area contributed by atoms with Crippen molar-refractivity contribution < 1.29 is 0 Å². The molecular formula is C11H8BrCl2NS. The van der Waals surface area contributed by atoms with Gasteiger partial charge < -0.3 is 5.73 Å². The number of halogens is 3. The second-order valence-corrected chi connectivity index (χ2v) is 6.42. The third-order valence-electron chi connectivity index (χ3n) is 2.26. The van der Waals surface area contributed by atoms with Crippen LogP contribution in [0.5, 0.6) is 0 Å². The maximum atomic E-state index is 6.16. The molecular weight excluding hydrogens is 329 g/mol. The number of nitrogens with two attached hydrogens (primary N) is 1. The average molecular weight is 337 g/mol. The Balaban J connectivity index is 2.43. The van der Waals surface area contributed by atoms with Crippen LogP contribution in [0, 0.1) is 0 Å². The van der Waals surface area contributed by atoms with Crippen LogP contribution in [0.25, 0.3) is 0 Å². The first-order valence-electron chi connectivity index (χ1n) is 4.54. The third kappa shape index (κ3) is 2.44. The highest BCUT2D eigenvalue weighted by atomic mass is 79.9. The highest BCUT2D eigenvalue weighted by Gasteiger charge is 2.17. The van der Waals surface area contributed by atoms with Gasteiger partial charge in [-0.25, -0.2) is 0 Å². The smallest absolute Gasteiger partial charge is 0.0995 e. The van der Waals surface area contributed by atoms with Crippen LogP contribution in [-0.2, 0) is 0 Å². The molecule has 1 aromatic heterocycles. The molecule has 2 aromatic rings. The number of hydrogen-bond donors (Lipinski definition) is 1. The second kappa shape index (κ2) is 5.07. The molecule has 1 atom stereocenters. The highest BCUT2D eigenvalue weighted by Crippen LogP contribution is 2.37. The second-order valence-electron chi connectivity index (χ2n) is 3.28. The lowest BCUT2D eigenvalue weighted by molar-refractivity contribution is 0.871. The van der Waals surface area contributed by atoms with E-state index in [1.54, 1.807) is 0 Å². The summed E-state index contributed by atoms with van der Waals surface area (Å²) < 4.78 is 2.27. The molecule has 0 saturated carbocycles. The average Bonchev–Trinajstić information content (AvgIpc) is 2.58. The lowest BCUT2D eigenvalue weighted by Gasteiger charge is -2.12. The van der Waals surface area contributed by atoms with Crippen LogP contribution in [0.1, 0.15) is 17.2 Å². The van der Waals surface area contributed by atoms with Gasteiger partial charge in [0.1, 0.15) is 0 Å². The fraction of sp³-hybridized carbons (Fsp3) is 0.0909. The van der Waals surface area contributed by atoms with Gasteiger partial charge in [-0.2, -0.15) is 0 Å². The predicted octanol–water partition coefficient (Wildman–Crippen LogP) is 4.87. The fourth-order valence-electron chi connectivity index (χ4n) is 1.46. The summed E-state index contributed by atoms with van der Waals surface area (Å²) in [5.74, 6) is 0. The molecule has 0 bridgehead atoms. The van der Waals surface area contributed by atoms with Crippen molar-refractivity contribution in [1.29, 1.82) is 0 Å². The molecule has 0 saturated heterocycles. The Morgan fingerprint density at radius 1 is 1.19 bits per heavy atom. The quantitative estimate of drug-likeness (QED) is 0.832. The van der Waals surface area contributed by atoms with E-state index in [1.807, 2.05) is 30.3 Å². The van der Waals surface area contributed by atoms with Crippen LogP contribution in [0.15, 0.2) is 34.8 Å². The summed E-state index contributed by atoms with van der Waals surface area (Å²) in [7, 11) is 0. The zero-order valence-electron chi connectivity index (χ0n) is 8.08. The Morgan fingerprint density at radius 2 is 1.88 bits per heavy atom. The molecule has 0 aliphatic carbocycles. The topological polar surface area (TPSA) is 26.0 Å². The standard InChI is InChI=1S/C11H8BrCl2NS/c12-8-4-2-1-3-6(8)10(15)7-5-9(13)16-11(7)14/h1-5,10H,15H2. The Kier molecular flexibility index (Phi) is 3.93. The molecule has 1 aromatic carbocycles. The summed E-state index contributed by atoms with van der Waals surface area (Å²) >= 11 is 16.8. The van der Waals surface area contributed by atoms with Crippen molar-refractivity contribution in [3.63, 3.8) is 0 Å². The van der Waals surface area contributed by atoms with Gasteiger partial charge in [0, 0.05) is 10.0 Å². The normalized spacial score (nSPS) is 12.8. The van der Waals surface area contributed by atoms with E-state index in [-0.39, 0.29) is 6.04 Å². The largest absolute Gasteiger partial charge is 0.320 e. The van der Waals surface area contributed by atoms with Crippen molar-refractivity contribution in [2.45, 2.75) is 6.04 Å². The van der Waals surface area contributed by atoms with Crippen LogP contribution >= 0.6 is 50.5 Å². The van der Waals surface area contributed by atoms with Gasteiger partial charge in [-0.15, -0.1) is 11.3 Å². The van der Waals surface area contributed by atoms with E-state index in [9.17, 15) is 0 Å². The molecule has 0 amide bonds. The van der Waals surface area contributed by atoms with Gasteiger partial charge in [0.2, 0.25) is 0 Å². The zero-order valence-corrected chi connectivity index (χ0v) is 12.0. The van der Waals surface area contributed by atoms with Gasteiger partial charge >= 0.3 is 0 Å². The Bertz CT molecular complexity index is 512. The zero-order chi connectivity index (χ0) is 11.7. The van der Waals surface area contributed by atoms with Gasteiger partial charge in [-0.3, -0.25) is 0 Å². The summed E-state index contributed by atoms with van der Waals surface area (Å²) in [5, 5.41) is 0. The van der Waals surface area contributed by atoms with Gasteiger partial charge in [0.25, 0.3) is 0 Å². The molecule has 0 aliphatic heterocycles. The first kappa shape index (κ1) is 12.4. The van der Waals surface area contributed by atoms with Crippen molar-refractivity contribution >= 4 is 50.5 Å². The van der Waals surface area contributed by atoms with Crippen molar-refractivity contribution in [2.75, 3.05) is 0 Å². The van der Waals surface area contributed by atoms with Crippen molar-refractivity contribution in [3.05, 3.63) is 54.6 Å². The summed E-state index contributed by atoms with van der Waals surface area (Å²) in [6.07, 6.45) is 0. The van der Waals surface area contributed by atoms with Crippen molar-refractivity contribution in [1.82, 2.24) is 0 Å². The molecule has 0 aliphatic rings. The highest BCUT2D eigenvalue weighted by molar-refractivity contribution is 9.10. The summed E-state index contributed by atoms with van der Waals surface area (Å²) in [4.78, 5) is 0. The molecule has 0 fully saturated rings. The number of thiophene rings is 1. The molecule has 1 unspecified atom stereocenters. The van der Waals surface area contributed by atoms with Gasteiger partial charge in [-0.05, 0) is 17.7 Å². The lowest BCUT2D eigenvalue weighted by Crippen LogP contribution is -2.11. The van der Waals surface area contributed by atoms with Gasteiger partial charge in [0.05, 0.1) is 14.7 Å². The first-order valence-corrected chi connectivity index (χ1v) is 6.91. The van der Waals surface area contributed by atoms with E-state index in [1.165, 1.54) is 11.3 Å². The van der Waals surface area contributed by atoms with E-state index in [2.05, 4.69) is 15.9 Å². The minimum atomic E-state index is -0.258. The van der Waals surface area contributed by atoms with Gasteiger partial charge in [-0.1, -0.05) is 57.3 Å². The number of hydrogen-bond acceptors (Lipinski definition) is 2. The fourth-order valence-corrected chi connectivity index (χ4v) is 3.54. The van der Waals surface area contributed by atoms with Gasteiger partial charge in [0.15, 0.2) is 0 Å². The maximum absolute atomic E-state index is 6.16. The maximum Gasteiger partial charge on any atom is 0.0995 e. The minimum absolute atomic E-state index is 0.258. The van der Waals surface area contributed by atoms with Crippen molar-refractivity contribution in [2.24, 2.45) is 5.73 Å². The molecule has 0 radical (unpaired) electrons. The molecule has 2 rings (SSSR count). The molecule has 2 N–H and O–H groups in total. The summed E-state index contributed by atoms with van der Waals surface area (Å²) in [6.45, 7) is 0. The third-order valence-corrected chi connectivity index (χ3v) is 4.50. The van der Waals surface area contributed by atoms with E-state index in [0.717, 1.165) is 15.6 Å². The summed E-state index contributed by atoms with van der Waals surface area (Å²) in [6, 6.07) is 9.38. The van der Waals surface area contributed by atoms with Crippen LogP contribution in [0.2, 0.25) is 8.67 Å². The number of benzene rings is 1. The van der Waals surface area contributed by atoms with Crippen LogP contribution < -0.4 is 5.73 Å². The van der Waals surface area contributed by atoms with E-state index < -0.39 is 0 Å². The Labute approximate surface area is 116 Å². The molecule has 5 heteroatoms. The van der Waals surface area contributed by atoms with Crippen LogP contribution in [0.4, 0.5) is 0 Å². The molecule has 1 nitrogen and oxygen atoms in total. The predicted molar refractivity (Wildman–Crippen MR) is 74.5 cm³/mol. The Morgan fingerprint density at radius 3 is 2.44 bits per heavy atom. The Hall–Kier alpha value is -0.0600. The lowest BCUT2D eigenvalue weighted by atomic mass is 10.0. The molecule has 0 spiro atoms. The van der Waals surface area contributed by atoms with E-state index >= 15 is 0 Å². The SMILES string of the molecule is NC(c1ccccc1Br)c1cc(Cl)sc1Cl. The summed E-state index contributed by atoms with van der Waals surface area (Å²) in [5.41, 5.74) is 8.03. The molecule has 1 heterocycles. The first-order chi connectivity index (χ1) is 7.59. The minimum Gasteiger partial charge on any atom is -0.320 e. The monoisotopic (exact) mass is 335 g/mol. The number of rotatable bonds is 2. The van der Waals surface area contributed by atoms with Crippen LogP contribution in [0.3, 0.4) is 0 Å². The molecule has 16 heavy (non-hydrogen) atoms. The molecule has 84 valence electrons. The van der Waals surface area contributed by atoms with E-state index in [4.69, 9.17) is 28.9 Å².